The second kappa shape index (κ2) is 8.55. The van der Waals surface area contributed by atoms with Crippen LogP contribution < -0.4 is 15.0 Å². The fraction of sp³-hybridized carbons (Fsp3) is 0.435. The number of para-hydroxylation sites is 1. The number of aryl methyl sites for hydroxylation is 1. The average molecular weight is 380 g/mol. The van der Waals surface area contributed by atoms with Crippen molar-refractivity contribution in [3.8, 4) is 5.75 Å². The number of nitrogens with zero attached hydrogens (tertiary/aromatic N) is 2. The Bertz CT molecular complexity index is 787. The number of nitrogens with one attached hydrogen (secondary N) is 1. The van der Waals surface area contributed by atoms with Crippen LogP contribution in [0.1, 0.15) is 24.8 Å². The molecule has 1 N–H and O–H groups in total. The molecule has 28 heavy (non-hydrogen) atoms. The minimum Gasteiger partial charge on any atom is -0.489 e. The van der Waals surface area contributed by atoms with Gasteiger partial charge in [-0.25, -0.2) is 4.79 Å². The van der Waals surface area contributed by atoms with E-state index in [-0.39, 0.29) is 18.2 Å². The second-order valence-corrected chi connectivity index (χ2v) is 7.84. The normalized spacial score (nSPS) is 20.2. The van der Waals surface area contributed by atoms with Gasteiger partial charge >= 0.3 is 6.03 Å². The summed E-state index contributed by atoms with van der Waals surface area (Å²) in [6, 6.07) is 18.8. The molecule has 2 aliphatic rings. The predicted octanol–water partition coefficient (Wildman–Crippen LogP) is 3.83. The molecule has 2 saturated heterocycles. The molecule has 0 bridgehead atoms. The maximum absolute atomic E-state index is 12.7. The Morgan fingerprint density at radius 1 is 1.00 bits per heavy atom. The third-order valence-electron chi connectivity index (χ3n) is 5.67. The molecular weight excluding hydrogens is 350 g/mol. The number of amides is 2. The van der Waals surface area contributed by atoms with Crippen molar-refractivity contribution in [2.75, 3.05) is 31.1 Å². The largest absolute Gasteiger partial charge is 0.489 e. The highest BCUT2D eigenvalue weighted by atomic mass is 16.5. The van der Waals surface area contributed by atoms with Crippen LogP contribution in [0, 0.1) is 6.92 Å². The molecule has 2 fully saturated rings. The van der Waals surface area contributed by atoms with Crippen LogP contribution >= 0.6 is 0 Å². The van der Waals surface area contributed by atoms with Gasteiger partial charge in [0.15, 0.2) is 0 Å². The summed E-state index contributed by atoms with van der Waals surface area (Å²) in [7, 11) is 0. The van der Waals surface area contributed by atoms with E-state index < -0.39 is 0 Å². The highest BCUT2D eigenvalue weighted by Gasteiger charge is 2.29. The molecular formula is C23H29N3O2. The summed E-state index contributed by atoms with van der Waals surface area (Å²) in [4.78, 5) is 17.0. The van der Waals surface area contributed by atoms with Crippen LogP contribution in [0.15, 0.2) is 54.6 Å². The van der Waals surface area contributed by atoms with E-state index in [2.05, 4.69) is 41.4 Å². The minimum absolute atomic E-state index is 0.0492. The summed E-state index contributed by atoms with van der Waals surface area (Å²) in [6.45, 7) is 5.50. The Morgan fingerprint density at radius 3 is 2.54 bits per heavy atom. The van der Waals surface area contributed by atoms with Crippen molar-refractivity contribution in [2.24, 2.45) is 0 Å². The Kier molecular flexibility index (Phi) is 5.70. The molecule has 0 spiro atoms. The zero-order chi connectivity index (χ0) is 19.3. The van der Waals surface area contributed by atoms with E-state index in [1.165, 1.54) is 11.3 Å². The average Bonchev–Trinajstić information content (AvgIpc) is 3.18. The lowest BCUT2D eigenvalue weighted by Gasteiger charge is -2.34. The van der Waals surface area contributed by atoms with Crippen molar-refractivity contribution in [3.63, 3.8) is 0 Å². The zero-order valence-electron chi connectivity index (χ0n) is 16.5. The number of rotatable bonds is 4. The third-order valence-corrected chi connectivity index (χ3v) is 5.67. The number of anilines is 1. The molecule has 148 valence electrons. The van der Waals surface area contributed by atoms with Gasteiger partial charge in [-0.2, -0.15) is 0 Å². The number of piperidine rings is 1. The molecule has 0 aliphatic carbocycles. The number of carbonyl (C=O) groups is 1. The van der Waals surface area contributed by atoms with Crippen LogP contribution in [0.5, 0.6) is 5.75 Å². The van der Waals surface area contributed by atoms with E-state index in [4.69, 9.17) is 4.74 Å². The maximum atomic E-state index is 12.7. The Morgan fingerprint density at radius 2 is 1.79 bits per heavy atom. The van der Waals surface area contributed by atoms with Gasteiger partial charge in [-0.1, -0.05) is 30.3 Å². The molecule has 0 saturated carbocycles. The van der Waals surface area contributed by atoms with Crippen molar-refractivity contribution in [1.29, 1.82) is 0 Å². The van der Waals surface area contributed by atoms with E-state index in [0.29, 0.717) is 6.54 Å². The SMILES string of the molecule is Cc1cccc(N2CCC(NC(=O)N3CC[C@@H](Oc4ccccc4)C3)CC2)c1. The number of hydrogen-bond donors (Lipinski definition) is 1. The van der Waals surface area contributed by atoms with Gasteiger partial charge in [0.25, 0.3) is 0 Å². The monoisotopic (exact) mass is 379 g/mol. The second-order valence-electron chi connectivity index (χ2n) is 7.84. The summed E-state index contributed by atoms with van der Waals surface area (Å²) < 4.78 is 5.99. The lowest BCUT2D eigenvalue weighted by molar-refractivity contribution is 0.183. The van der Waals surface area contributed by atoms with E-state index in [9.17, 15) is 4.79 Å². The molecule has 1 atom stereocenters. The molecule has 2 heterocycles. The quantitative estimate of drug-likeness (QED) is 0.878. The maximum Gasteiger partial charge on any atom is 0.317 e. The first-order valence-electron chi connectivity index (χ1n) is 10.3. The number of hydrogen-bond acceptors (Lipinski definition) is 3. The molecule has 4 rings (SSSR count). The molecule has 0 unspecified atom stereocenters. The number of ether oxygens (including phenoxy) is 1. The van der Waals surface area contributed by atoms with Crippen LogP contribution in [0.25, 0.3) is 0 Å². The summed E-state index contributed by atoms with van der Waals surface area (Å²) in [5.74, 6) is 0.873. The van der Waals surface area contributed by atoms with Crippen molar-refractivity contribution in [3.05, 3.63) is 60.2 Å². The van der Waals surface area contributed by atoms with Crippen LogP contribution in [0.4, 0.5) is 10.5 Å². The van der Waals surface area contributed by atoms with Crippen molar-refractivity contribution in [2.45, 2.75) is 38.3 Å². The standard InChI is InChI=1S/C23H29N3O2/c1-18-6-5-7-20(16-18)25-13-10-19(11-14-25)24-23(27)26-15-12-22(17-26)28-21-8-3-2-4-9-21/h2-9,16,19,22H,10-15,17H2,1H3,(H,24,27)/t22-/m1/s1. The summed E-state index contributed by atoms with van der Waals surface area (Å²) in [6.07, 6.45) is 2.93. The van der Waals surface area contributed by atoms with Crippen LogP contribution in [0.2, 0.25) is 0 Å². The van der Waals surface area contributed by atoms with Crippen LogP contribution in [-0.4, -0.2) is 49.3 Å². The molecule has 2 aromatic rings. The van der Waals surface area contributed by atoms with Crippen molar-refractivity contribution >= 4 is 11.7 Å². The summed E-state index contributed by atoms with van der Waals surface area (Å²) >= 11 is 0. The smallest absolute Gasteiger partial charge is 0.317 e. The Hall–Kier alpha value is -2.69. The zero-order valence-corrected chi connectivity index (χ0v) is 16.5. The first kappa shape index (κ1) is 18.7. The lowest BCUT2D eigenvalue weighted by Crippen LogP contribution is -2.49. The van der Waals surface area contributed by atoms with Crippen LogP contribution in [0.3, 0.4) is 0 Å². The van der Waals surface area contributed by atoms with Crippen LogP contribution in [-0.2, 0) is 0 Å². The molecule has 0 aromatic heterocycles. The third kappa shape index (κ3) is 4.58. The molecule has 2 amide bonds. The summed E-state index contributed by atoms with van der Waals surface area (Å²) in [5.41, 5.74) is 2.57. The van der Waals surface area contributed by atoms with Gasteiger partial charge in [-0.15, -0.1) is 0 Å². The molecule has 5 heteroatoms. The molecule has 0 radical (unpaired) electrons. The number of likely N-dealkylation sites (tertiary alicyclic amines) is 1. The highest BCUT2D eigenvalue weighted by molar-refractivity contribution is 5.75. The first-order chi connectivity index (χ1) is 13.7. The molecule has 2 aliphatic heterocycles. The van der Waals surface area contributed by atoms with Crippen molar-refractivity contribution < 1.29 is 9.53 Å². The Balaban J connectivity index is 1.23. The van der Waals surface area contributed by atoms with E-state index >= 15 is 0 Å². The number of urea groups is 1. The number of carbonyl (C=O) groups excluding carboxylic acids is 1. The minimum atomic E-state index is 0.0492. The fourth-order valence-corrected chi connectivity index (χ4v) is 4.07. The van der Waals surface area contributed by atoms with Gasteiger partial charge in [0.1, 0.15) is 11.9 Å². The lowest BCUT2D eigenvalue weighted by atomic mass is 10.0. The summed E-state index contributed by atoms with van der Waals surface area (Å²) in [5, 5.41) is 3.23. The van der Waals surface area contributed by atoms with Gasteiger partial charge in [0, 0.05) is 37.8 Å². The van der Waals surface area contributed by atoms with E-state index in [1.54, 1.807) is 0 Å². The van der Waals surface area contributed by atoms with E-state index in [1.807, 2.05) is 35.2 Å². The van der Waals surface area contributed by atoms with Crippen molar-refractivity contribution in [1.82, 2.24) is 10.2 Å². The fourth-order valence-electron chi connectivity index (χ4n) is 4.07. The molecule has 2 aromatic carbocycles. The highest BCUT2D eigenvalue weighted by Crippen LogP contribution is 2.22. The van der Waals surface area contributed by atoms with Gasteiger partial charge in [0.05, 0.1) is 6.54 Å². The van der Waals surface area contributed by atoms with Gasteiger partial charge in [-0.05, 0) is 49.6 Å². The molecule has 5 nitrogen and oxygen atoms in total. The van der Waals surface area contributed by atoms with E-state index in [0.717, 1.165) is 44.6 Å². The van der Waals surface area contributed by atoms with Gasteiger partial charge in [-0.3, -0.25) is 0 Å². The van der Waals surface area contributed by atoms with Gasteiger partial charge < -0.3 is 19.9 Å². The van der Waals surface area contributed by atoms with Gasteiger partial charge in [0.2, 0.25) is 0 Å². The topological polar surface area (TPSA) is 44.8 Å². The first-order valence-corrected chi connectivity index (χ1v) is 10.3. The number of benzene rings is 2. The Labute approximate surface area is 167 Å². The predicted molar refractivity (Wildman–Crippen MR) is 112 cm³/mol.